The van der Waals surface area contributed by atoms with Crippen molar-refractivity contribution in [1.29, 1.82) is 0 Å². The maximum absolute atomic E-state index is 14.4. The number of aryl methyl sites for hydroxylation is 1. The average molecular weight is 391 g/mol. The van der Waals surface area contributed by atoms with E-state index < -0.39 is 23.6 Å². The zero-order chi connectivity index (χ0) is 20.4. The van der Waals surface area contributed by atoms with Crippen LogP contribution in [0.4, 0.5) is 10.1 Å². The highest BCUT2D eigenvalue weighted by molar-refractivity contribution is 5.99. The van der Waals surface area contributed by atoms with Crippen molar-refractivity contribution < 1.29 is 28.7 Å². The third-order valence-corrected chi connectivity index (χ3v) is 5.23. The summed E-state index contributed by atoms with van der Waals surface area (Å²) in [6, 6.07) is 2.55. The zero-order valence-electron chi connectivity index (χ0n) is 15.5. The van der Waals surface area contributed by atoms with Crippen LogP contribution in [0.3, 0.4) is 0 Å². The van der Waals surface area contributed by atoms with Gasteiger partial charge in [0.1, 0.15) is 5.82 Å². The van der Waals surface area contributed by atoms with E-state index in [1.807, 2.05) is 0 Å². The molecule has 0 atom stereocenters. The lowest BCUT2D eigenvalue weighted by Crippen LogP contribution is -2.45. The predicted molar refractivity (Wildman–Crippen MR) is 97.3 cm³/mol. The Bertz CT molecular complexity index is 833. The van der Waals surface area contributed by atoms with Crippen LogP contribution in [0.2, 0.25) is 0 Å². The number of piperidine rings is 1. The lowest BCUT2D eigenvalue weighted by Gasteiger charge is -2.31. The number of nitrogens with zero attached hydrogens (tertiary/aromatic N) is 2. The molecule has 0 aromatic heterocycles. The quantitative estimate of drug-likeness (QED) is 0.800. The van der Waals surface area contributed by atoms with Gasteiger partial charge in [-0.25, -0.2) is 4.39 Å². The number of carbonyl (C=O) groups is 4. The maximum atomic E-state index is 14.4. The zero-order valence-corrected chi connectivity index (χ0v) is 15.5. The Morgan fingerprint density at radius 2 is 1.93 bits per heavy atom. The number of carboxylic acid groups (broad SMARTS) is 1. The Kier molecular flexibility index (Phi) is 5.62. The minimum atomic E-state index is -0.863. The number of carboxylic acids is 1. The molecule has 9 heteroatoms. The summed E-state index contributed by atoms with van der Waals surface area (Å²) in [5, 5.41) is 11.6. The molecule has 3 amide bonds. The minimum Gasteiger partial charge on any atom is -0.481 e. The van der Waals surface area contributed by atoms with Crippen LogP contribution in [0.1, 0.15) is 35.2 Å². The van der Waals surface area contributed by atoms with Gasteiger partial charge in [0.25, 0.3) is 5.91 Å². The third-order valence-electron chi connectivity index (χ3n) is 5.23. The number of likely N-dealkylation sites (N-methyl/N-ethyl adjacent to an activating group) is 1. The molecule has 1 aromatic carbocycles. The van der Waals surface area contributed by atoms with Gasteiger partial charge >= 0.3 is 5.97 Å². The molecule has 1 fully saturated rings. The normalized spacial score (nSPS) is 16.9. The number of rotatable bonds is 4. The van der Waals surface area contributed by atoms with Crippen molar-refractivity contribution in [3.8, 4) is 0 Å². The van der Waals surface area contributed by atoms with E-state index in [4.69, 9.17) is 5.11 Å². The molecular formula is C19H22FN3O5. The summed E-state index contributed by atoms with van der Waals surface area (Å²) >= 11 is 0. The van der Waals surface area contributed by atoms with Gasteiger partial charge in [0, 0.05) is 32.2 Å². The largest absolute Gasteiger partial charge is 0.481 e. The number of amides is 3. The lowest BCUT2D eigenvalue weighted by atomic mass is 9.97. The first kappa shape index (κ1) is 19.8. The topological polar surface area (TPSA) is 107 Å². The Balaban J connectivity index is 1.64. The highest BCUT2D eigenvalue weighted by atomic mass is 19.1. The van der Waals surface area contributed by atoms with Gasteiger partial charge in [0.15, 0.2) is 0 Å². The first-order valence-electron chi connectivity index (χ1n) is 9.14. The standard InChI is InChI=1S/C19H22FN3O5/c1-22(10-17(25)23-6-4-11(5-7-23)19(27)28)18(26)13-8-12-2-3-16(24)21-15(12)9-14(13)20/h8-9,11H,2-7,10H2,1H3,(H,21,24)(H,27,28). The smallest absolute Gasteiger partial charge is 0.306 e. The Morgan fingerprint density at radius 1 is 1.25 bits per heavy atom. The van der Waals surface area contributed by atoms with Crippen molar-refractivity contribution in [3.05, 3.63) is 29.1 Å². The van der Waals surface area contributed by atoms with Crippen molar-refractivity contribution in [2.45, 2.75) is 25.7 Å². The number of anilines is 1. The molecule has 2 aliphatic rings. The Labute approximate surface area is 161 Å². The van der Waals surface area contributed by atoms with Gasteiger partial charge in [0.05, 0.1) is 18.0 Å². The Morgan fingerprint density at radius 3 is 2.57 bits per heavy atom. The summed E-state index contributed by atoms with van der Waals surface area (Å²) in [6.07, 6.45) is 1.45. The maximum Gasteiger partial charge on any atom is 0.306 e. The molecule has 2 heterocycles. The number of nitrogens with one attached hydrogen (secondary N) is 1. The van der Waals surface area contributed by atoms with Crippen LogP contribution < -0.4 is 5.32 Å². The molecule has 2 N–H and O–H groups in total. The minimum absolute atomic E-state index is 0.144. The highest BCUT2D eigenvalue weighted by Gasteiger charge is 2.29. The van der Waals surface area contributed by atoms with E-state index in [-0.39, 0.29) is 30.3 Å². The molecule has 8 nitrogen and oxygen atoms in total. The summed E-state index contributed by atoms with van der Waals surface area (Å²) in [7, 11) is 1.42. The van der Waals surface area contributed by atoms with E-state index in [1.165, 1.54) is 18.0 Å². The van der Waals surface area contributed by atoms with Gasteiger partial charge < -0.3 is 20.2 Å². The van der Waals surface area contributed by atoms with Crippen LogP contribution in [0.15, 0.2) is 12.1 Å². The number of halogens is 1. The van der Waals surface area contributed by atoms with E-state index in [1.54, 1.807) is 0 Å². The van der Waals surface area contributed by atoms with Crippen LogP contribution in [-0.4, -0.2) is 65.3 Å². The van der Waals surface area contributed by atoms with Gasteiger partial charge in [-0.2, -0.15) is 0 Å². The monoisotopic (exact) mass is 391 g/mol. The number of hydrogen-bond acceptors (Lipinski definition) is 4. The summed E-state index contributed by atoms with van der Waals surface area (Å²) < 4.78 is 14.4. The molecule has 0 spiro atoms. The molecule has 0 radical (unpaired) electrons. The second-order valence-corrected chi connectivity index (χ2v) is 7.19. The van der Waals surface area contributed by atoms with Crippen molar-refractivity contribution in [1.82, 2.24) is 9.80 Å². The molecule has 28 heavy (non-hydrogen) atoms. The van der Waals surface area contributed by atoms with Crippen LogP contribution in [-0.2, 0) is 20.8 Å². The number of carbonyl (C=O) groups excluding carboxylic acids is 3. The molecule has 1 saturated heterocycles. The fourth-order valence-electron chi connectivity index (χ4n) is 3.52. The van der Waals surface area contributed by atoms with E-state index >= 15 is 0 Å². The fraction of sp³-hybridized carbons (Fsp3) is 0.474. The number of fused-ring (bicyclic) bond motifs is 1. The van der Waals surface area contributed by atoms with E-state index in [0.717, 1.165) is 11.0 Å². The van der Waals surface area contributed by atoms with Crippen LogP contribution in [0, 0.1) is 11.7 Å². The summed E-state index contributed by atoms with van der Waals surface area (Å²) in [6.45, 7) is 0.430. The molecule has 0 bridgehead atoms. The Hall–Kier alpha value is -2.97. The van der Waals surface area contributed by atoms with Crippen LogP contribution in [0.5, 0.6) is 0 Å². The molecule has 150 valence electrons. The van der Waals surface area contributed by atoms with E-state index in [9.17, 15) is 23.6 Å². The summed E-state index contributed by atoms with van der Waals surface area (Å²) in [5.41, 5.74) is 0.903. The molecule has 2 aliphatic heterocycles. The number of hydrogen-bond donors (Lipinski definition) is 2. The summed E-state index contributed by atoms with van der Waals surface area (Å²) in [5.74, 6) is -3.18. The van der Waals surface area contributed by atoms with E-state index in [2.05, 4.69) is 5.32 Å². The van der Waals surface area contributed by atoms with Crippen LogP contribution in [0.25, 0.3) is 0 Å². The average Bonchev–Trinajstić information content (AvgIpc) is 2.66. The molecule has 0 unspecified atom stereocenters. The summed E-state index contributed by atoms with van der Waals surface area (Å²) in [4.78, 5) is 50.1. The van der Waals surface area contributed by atoms with Crippen molar-refractivity contribution in [3.63, 3.8) is 0 Å². The van der Waals surface area contributed by atoms with E-state index in [0.29, 0.717) is 43.6 Å². The number of likely N-dealkylation sites (tertiary alicyclic amines) is 1. The highest BCUT2D eigenvalue weighted by Crippen LogP contribution is 2.26. The molecular weight excluding hydrogens is 369 g/mol. The third kappa shape index (κ3) is 4.13. The van der Waals surface area contributed by atoms with Gasteiger partial charge in [-0.15, -0.1) is 0 Å². The van der Waals surface area contributed by atoms with Crippen molar-refractivity contribution in [2.75, 3.05) is 32.0 Å². The fourth-order valence-corrected chi connectivity index (χ4v) is 3.52. The van der Waals surface area contributed by atoms with Crippen LogP contribution >= 0.6 is 0 Å². The first-order valence-corrected chi connectivity index (χ1v) is 9.14. The molecule has 0 saturated carbocycles. The number of aliphatic carboxylic acids is 1. The molecule has 3 rings (SSSR count). The van der Waals surface area contributed by atoms with Gasteiger partial charge in [0.2, 0.25) is 11.8 Å². The second kappa shape index (κ2) is 7.95. The second-order valence-electron chi connectivity index (χ2n) is 7.19. The van der Waals surface area contributed by atoms with Crippen molar-refractivity contribution >= 4 is 29.4 Å². The van der Waals surface area contributed by atoms with Crippen molar-refractivity contribution in [2.24, 2.45) is 5.92 Å². The SMILES string of the molecule is CN(CC(=O)N1CCC(C(=O)O)CC1)C(=O)c1cc2c(cc1F)NC(=O)CC2. The lowest BCUT2D eigenvalue weighted by molar-refractivity contribution is -0.145. The van der Waals surface area contributed by atoms with Gasteiger partial charge in [-0.05, 0) is 37.0 Å². The first-order chi connectivity index (χ1) is 13.3. The predicted octanol–water partition coefficient (Wildman–Crippen LogP) is 1.11. The number of benzene rings is 1. The van der Waals surface area contributed by atoms with Gasteiger partial charge in [-0.3, -0.25) is 19.2 Å². The molecule has 1 aromatic rings. The van der Waals surface area contributed by atoms with Gasteiger partial charge in [-0.1, -0.05) is 0 Å². The molecule has 0 aliphatic carbocycles.